The van der Waals surface area contributed by atoms with Crippen LogP contribution in [0, 0.1) is 0 Å². The van der Waals surface area contributed by atoms with E-state index in [0.717, 1.165) is 39.2 Å². The number of aromatic nitrogens is 2. The summed E-state index contributed by atoms with van der Waals surface area (Å²) in [5.41, 5.74) is 9.67. The van der Waals surface area contributed by atoms with E-state index in [-0.39, 0.29) is 17.7 Å². The van der Waals surface area contributed by atoms with Crippen LogP contribution in [-0.4, -0.2) is 15.5 Å². The van der Waals surface area contributed by atoms with Crippen molar-refractivity contribution in [3.05, 3.63) is 53.7 Å². The van der Waals surface area contributed by atoms with Crippen molar-refractivity contribution in [2.45, 2.75) is 45.6 Å². The summed E-state index contributed by atoms with van der Waals surface area (Å²) in [7, 11) is 0. The molecule has 2 aromatic heterocycles. The van der Waals surface area contributed by atoms with Gasteiger partial charge in [-0.2, -0.15) is 0 Å². The SMILES string of the molecule is C=CCn1cc(-c2nc(C(C)(C)CC)cs2)c2ccc(CC(N)=O)cc21. The Morgan fingerprint density at radius 2 is 2.19 bits per heavy atom. The Kier molecular flexibility index (Phi) is 5.01. The molecule has 5 heteroatoms. The Bertz CT molecular complexity index is 965. The quantitative estimate of drug-likeness (QED) is 0.617. The predicted molar refractivity (Wildman–Crippen MR) is 109 cm³/mol. The minimum Gasteiger partial charge on any atom is -0.369 e. The van der Waals surface area contributed by atoms with Gasteiger partial charge < -0.3 is 10.3 Å². The minimum atomic E-state index is -0.322. The molecule has 0 aliphatic carbocycles. The van der Waals surface area contributed by atoms with Gasteiger partial charge in [0, 0.05) is 40.0 Å². The molecule has 136 valence electrons. The lowest BCUT2D eigenvalue weighted by Gasteiger charge is -2.19. The van der Waals surface area contributed by atoms with Crippen LogP contribution in [0.1, 0.15) is 38.4 Å². The second-order valence-electron chi connectivity index (χ2n) is 7.25. The van der Waals surface area contributed by atoms with Crippen LogP contribution in [0.4, 0.5) is 0 Å². The van der Waals surface area contributed by atoms with Gasteiger partial charge in [-0.15, -0.1) is 17.9 Å². The molecule has 0 bridgehead atoms. The van der Waals surface area contributed by atoms with Crippen molar-refractivity contribution in [2.24, 2.45) is 5.73 Å². The van der Waals surface area contributed by atoms with Gasteiger partial charge in [-0.1, -0.05) is 39.0 Å². The van der Waals surface area contributed by atoms with E-state index in [9.17, 15) is 4.79 Å². The van der Waals surface area contributed by atoms with Crippen molar-refractivity contribution in [3.63, 3.8) is 0 Å². The average molecular weight is 368 g/mol. The highest BCUT2D eigenvalue weighted by Gasteiger charge is 2.23. The lowest BCUT2D eigenvalue weighted by atomic mass is 9.87. The molecule has 0 radical (unpaired) electrons. The average Bonchev–Trinajstić information content (AvgIpc) is 3.20. The van der Waals surface area contributed by atoms with Crippen LogP contribution < -0.4 is 5.73 Å². The summed E-state index contributed by atoms with van der Waals surface area (Å²) in [6.45, 7) is 11.2. The van der Waals surface area contributed by atoms with Gasteiger partial charge in [0.2, 0.25) is 5.91 Å². The Labute approximate surface area is 158 Å². The van der Waals surface area contributed by atoms with Crippen molar-refractivity contribution in [2.75, 3.05) is 0 Å². The highest BCUT2D eigenvalue weighted by Crippen LogP contribution is 2.36. The molecule has 0 aliphatic heterocycles. The van der Waals surface area contributed by atoms with E-state index < -0.39 is 0 Å². The van der Waals surface area contributed by atoms with Gasteiger partial charge in [-0.05, 0) is 18.1 Å². The summed E-state index contributed by atoms with van der Waals surface area (Å²) in [5.74, 6) is -0.322. The monoisotopic (exact) mass is 367 g/mol. The lowest BCUT2D eigenvalue weighted by molar-refractivity contribution is -0.117. The highest BCUT2D eigenvalue weighted by atomic mass is 32.1. The van der Waals surface area contributed by atoms with Crippen molar-refractivity contribution in [1.82, 2.24) is 9.55 Å². The molecule has 4 nitrogen and oxygen atoms in total. The summed E-state index contributed by atoms with van der Waals surface area (Å²) in [6.07, 6.45) is 5.29. The molecule has 0 saturated carbocycles. The van der Waals surface area contributed by atoms with Crippen molar-refractivity contribution in [3.8, 4) is 10.6 Å². The van der Waals surface area contributed by atoms with Gasteiger partial charge in [0.25, 0.3) is 0 Å². The largest absolute Gasteiger partial charge is 0.369 e. The molecule has 3 rings (SSSR count). The summed E-state index contributed by atoms with van der Waals surface area (Å²) < 4.78 is 2.15. The second-order valence-corrected chi connectivity index (χ2v) is 8.11. The second kappa shape index (κ2) is 7.08. The van der Waals surface area contributed by atoms with E-state index >= 15 is 0 Å². The number of allylic oxidation sites excluding steroid dienone is 1. The van der Waals surface area contributed by atoms with Gasteiger partial charge in [0.15, 0.2) is 0 Å². The third-order valence-corrected chi connectivity index (χ3v) is 5.84. The van der Waals surface area contributed by atoms with E-state index in [1.165, 1.54) is 0 Å². The number of rotatable bonds is 7. The number of fused-ring (bicyclic) bond motifs is 1. The number of benzene rings is 1. The molecule has 3 aromatic rings. The molecule has 2 heterocycles. The van der Waals surface area contributed by atoms with Crippen molar-refractivity contribution < 1.29 is 4.79 Å². The topological polar surface area (TPSA) is 60.9 Å². The molecule has 0 unspecified atom stereocenters. The fourth-order valence-corrected chi connectivity index (χ4v) is 4.03. The molecule has 0 aliphatic rings. The van der Waals surface area contributed by atoms with Crippen LogP contribution in [0.25, 0.3) is 21.5 Å². The summed E-state index contributed by atoms with van der Waals surface area (Å²) >= 11 is 1.68. The summed E-state index contributed by atoms with van der Waals surface area (Å²) in [5, 5.41) is 4.32. The number of nitrogens with two attached hydrogens (primary N) is 1. The minimum absolute atomic E-state index is 0.0723. The van der Waals surface area contributed by atoms with Gasteiger partial charge in [-0.25, -0.2) is 4.98 Å². The lowest BCUT2D eigenvalue weighted by Crippen LogP contribution is -2.15. The fourth-order valence-electron chi connectivity index (χ4n) is 3.00. The first kappa shape index (κ1) is 18.4. The number of amides is 1. The fraction of sp³-hybridized carbons (Fsp3) is 0.333. The first-order valence-electron chi connectivity index (χ1n) is 8.83. The first-order chi connectivity index (χ1) is 12.4. The maximum absolute atomic E-state index is 11.3. The van der Waals surface area contributed by atoms with Crippen LogP contribution in [0.5, 0.6) is 0 Å². The summed E-state index contributed by atoms with van der Waals surface area (Å²) in [6, 6.07) is 6.07. The van der Waals surface area contributed by atoms with E-state index in [1.807, 2.05) is 18.2 Å². The predicted octanol–water partition coefficient (Wildman–Crippen LogP) is 4.67. The molecular weight excluding hydrogens is 342 g/mol. The number of carbonyl (C=O) groups excluding carboxylic acids is 1. The first-order valence-corrected chi connectivity index (χ1v) is 9.71. The Morgan fingerprint density at radius 3 is 2.85 bits per heavy atom. The summed E-state index contributed by atoms with van der Waals surface area (Å²) in [4.78, 5) is 16.2. The molecule has 2 N–H and O–H groups in total. The maximum atomic E-state index is 11.3. The number of nitrogens with zero attached hydrogens (tertiary/aromatic N) is 2. The van der Waals surface area contributed by atoms with Crippen LogP contribution in [0.3, 0.4) is 0 Å². The molecule has 0 fully saturated rings. The molecule has 0 spiro atoms. The van der Waals surface area contributed by atoms with Gasteiger partial charge in [0.05, 0.1) is 12.1 Å². The number of hydrogen-bond acceptors (Lipinski definition) is 3. The normalized spacial score (nSPS) is 11.8. The zero-order chi connectivity index (χ0) is 18.9. The number of hydrogen-bond donors (Lipinski definition) is 1. The number of primary amides is 1. The molecular formula is C21H25N3OS. The van der Waals surface area contributed by atoms with E-state index in [0.29, 0.717) is 6.54 Å². The third kappa shape index (κ3) is 3.44. The molecule has 0 saturated heterocycles. The Balaban J connectivity index is 2.11. The zero-order valence-corrected chi connectivity index (χ0v) is 16.4. The van der Waals surface area contributed by atoms with Crippen molar-refractivity contribution in [1.29, 1.82) is 0 Å². The van der Waals surface area contributed by atoms with Crippen LogP contribution >= 0.6 is 11.3 Å². The maximum Gasteiger partial charge on any atom is 0.221 e. The Morgan fingerprint density at radius 1 is 1.42 bits per heavy atom. The van der Waals surface area contributed by atoms with Crippen LogP contribution in [0.15, 0.2) is 42.4 Å². The molecule has 0 atom stereocenters. The van der Waals surface area contributed by atoms with Crippen molar-refractivity contribution >= 4 is 28.1 Å². The Hall–Kier alpha value is -2.40. The molecule has 1 amide bonds. The standard InChI is InChI=1S/C21H25N3OS/c1-5-9-24-12-16(20-23-18(13-26-20)21(3,4)6-2)15-8-7-14(10-17(15)24)11-19(22)25/h5,7-8,10,12-13H,1,6,9,11H2,2-4H3,(H2,22,25). The number of carbonyl (C=O) groups is 1. The molecule has 1 aromatic carbocycles. The van der Waals surface area contributed by atoms with E-state index in [4.69, 9.17) is 10.7 Å². The van der Waals surface area contributed by atoms with Gasteiger partial charge in [0.1, 0.15) is 5.01 Å². The van der Waals surface area contributed by atoms with E-state index in [1.54, 1.807) is 11.3 Å². The van der Waals surface area contributed by atoms with Crippen LogP contribution in [0.2, 0.25) is 0 Å². The van der Waals surface area contributed by atoms with Crippen LogP contribution in [-0.2, 0) is 23.2 Å². The highest BCUT2D eigenvalue weighted by molar-refractivity contribution is 7.13. The van der Waals surface area contributed by atoms with Gasteiger partial charge >= 0.3 is 0 Å². The number of thiazole rings is 1. The zero-order valence-electron chi connectivity index (χ0n) is 15.6. The van der Waals surface area contributed by atoms with E-state index in [2.05, 4.69) is 49.6 Å². The molecule has 26 heavy (non-hydrogen) atoms. The smallest absolute Gasteiger partial charge is 0.221 e. The third-order valence-electron chi connectivity index (χ3n) is 4.96. The van der Waals surface area contributed by atoms with Gasteiger partial charge in [-0.3, -0.25) is 4.79 Å².